The van der Waals surface area contributed by atoms with Crippen LogP contribution in [0, 0.1) is 5.92 Å². The van der Waals surface area contributed by atoms with Gasteiger partial charge in [-0.25, -0.2) is 0 Å². The summed E-state index contributed by atoms with van der Waals surface area (Å²) in [7, 11) is 3.24. The number of allylic oxidation sites excluding steroid dienone is 5. The van der Waals surface area contributed by atoms with Gasteiger partial charge in [-0.15, -0.1) is 0 Å². The van der Waals surface area contributed by atoms with Gasteiger partial charge in [0.15, 0.2) is 0 Å². The van der Waals surface area contributed by atoms with E-state index in [4.69, 9.17) is 15.3 Å². The molecule has 0 heterocycles. The van der Waals surface area contributed by atoms with Gasteiger partial charge in [-0.3, -0.25) is 11.2 Å². The van der Waals surface area contributed by atoms with E-state index in [9.17, 15) is 10.2 Å². The molecule has 0 aliphatic heterocycles. The van der Waals surface area contributed by atoms with E-state index in [-0.39, 0.29) is 18.4 Å². The molecule has 0 amide bonds. The highest BCUT2D eigenvalue weighted by Gasteiger charge is 2.24. The van der Waals surface area contributed by atoms with Crippen LogP contribution < -0.4 is 21.3 Å². The highest BCUT2D eigenvalue weighted by Crippen LogP contribution is 2.39. The van der Waals surface area contributed by atoms with Gasteiger partial charge in [-0.2, -0.15) is 0 Å². The van der Waals surface area contributed by atoms with E-state index in [1.165, 1.54) is 0 Å². The lowest BCUT2D eigenvalue weighted by Gasteiger charge is -2.26. The van der Waals surface area contributed by atoms with Crippen molar-refractivity contribution in [2.75, 3.05) is 26.3 Å². The van der Waals surface area contributed by atoms with Crippen LogP contribution in [0.1, 0.15) is 48.2 Å². The summed E-state index contributed by atoms with van der Waals surface area (Å²) in [6.07, 6.45) is 10.2. The first-order valence-corrected chi connectivity index (χ1v) is 11.4. The quantitative estimate of drug-likeness (QED) is 0.147. The molecule has 2 aromatic rings. The number of hydrogen-bond donors (Lipinski definition) is 5. The monoisotopic (exact) mass is 465 g/mol. The van der Waals surface area contributed by atoms with Crippen LogP contribution in [-0.4, -0.2) is 31.0 Å². The Bertz CT molecular complexity index is 1020. The highest BCUT2D eigenvalue weighted by molar-refractivity contribution is 5.63. The molecule has 3 rings (SSSR count). The third-order valence-corrected chi connectivity index (χ3v) is 6.06. The molecular formula is C27H35N3O4. The largest absolute Gasteiger partial charge is 0.497 e. The van der Waals surface area contributed by atoms with Gasteiger partial charge < -0.3 is 25.1 Å². The fraction of sp³-hybridized carbons (Fsp3) is 0.333. The Morgan fingerprint density at radius 3 is 2.50 bits per heavy atom. The topological polar surface area (TPSA) is 109 Å². The first kappa shape index (κ1) is 25.5. The van der Waals surface area contributed by atoms with Crippen LogP contribution in [0.2, 0.25) is 0 Å². The van der Waals surface area contributed by atoms with E-state index in [0.29, 0.717) is 17.0 Å². The van der Waals surface area contributed by atoms with Crippen LogP contribution in [0.5, 0.6) is 5.75 Å². The predicted octanol–water partition coefficient (Wildman–Crippen LogP) is 4.06. The maximum absolute atomic E-state index is 11.0. The number of ether oxygens (including phenoxy) is 2. The van der Waals surface area contributed by atoms with Crippen molar-refractivity contribution < 1.29 is 19.7 Å². The minimum Gasteiger partial charge on any atom is -0.497 e. The second kappa shape index (κ2) is 12.4. The molecule has 0 saturated heterocycles. The van der Waals surface area contributed by atoms with Crippen LogP contribution in [0.3, 0.4) is 0 Å². The van der Waals surface area contributed by atoms with E-state index >= 15 is 0 Å². The van der Waals surface area contributed by atoms with Crippen molar-refractivity contribution in [3.8, 4) is 5.75 Å². The van der Waals surface area contributed by atoms with Crippen molar-refractivity contribution in [2.45, 2.75) is 31.5 Å². The average molecular weight is 466 g/mol. The molecule has 34 heavy (non-hydrogen) atoms. The zero-order valence-corrected chi connectivity index (χ0v) is 19.9. The van der Waals surface area contributed by atoms with Crippen molar-refractivity contribution in [1.29, 1.82) is 0 Å². The van der Waals surface area contributed by atoms with Crippen molar-refractivity contribution in [2.24, 2.45) is 11.8 Å². The van der Waals surface area contributed by atoms with E-state index in [1.807, 2.05) is 42.5 Å². The number of rotatable bonds is 11. The molecule has 0 spiro atoms. The summed E-state index contributed by atoms with van der Waals surface area (Å²) in [6.45, 7) is 1.90. The number of methoxy groups -OCH3 is 2. The number of anilines is 1. The number of hydrazine groups is 1. The Kier molecular flexibility index (Phi) is 9.30. The molecule has 0 bridgehead atoms. The Labute approximate surface area is 201 Å². The summed E-state index contributed by atoms with van der Waals surface area (Å²) >= 11 is 0. The maximum atomic E-state index is 11.0. The Hall–Kier alpha value is -3.10. The van der Waals surface area contributed by atoms with Crippen molar-refractivity contribution in [3.63, 3.8) is 0 Å². The zero-order chi connectivity index (χ0) is 24.5. The van der Waals surface area contributed by atoms with Gasteiger partial charge in [0.2, 0.25) is 0 Å². The summed E-state index contributed by atoms with van der Waals surface area (Å²) in [5.41, 5.74) is 5.75. The lowest BCUT2D eigenvalue weighted by molar-refractivity contribution is 0.101. The van der Waals surface area contributed by atoms with Gasteiger partial charge in [0.25, 0.3) is 0 Å². The number of aliphatic hydroxyl groups excluding tert-OH is 2. The summed E-state index contributed by atoms with van der Waals surface area (Å²) in [5, 5.41) is 24.0. The number of nitrogens with one attached hydrogen (secondary N) is 2. The van der Waals surface area contributed by atoms with Gasteiger partial charge in [-0.1, -0.05) is 55.5 Å². The van der Waals surface area contributed by atoms with Crippen molar-refractivity contribution >= 4 is 5.69 Å². The number of nitrogen functional groups attached to an aromatic ring is 1. The molecular weight excluding hydrogens is 430 g/mol. The van der Waals surface area contributed by atoms with E-state index in [2.05, 4.69) is 42.0 Å². The Balaban J connectivity index is 1.85. The molecule has 0 saturated carbocycles. The molecule has 7 heteroatoms. The van der Waals surface area contributed by atoms with Gasteiger partial charge in [-0.05, 0) is 42.2 Å². The van der Waals surface area contributed by atoms with E-state index < -0.39 is 12.3 Å². The first-order chi connectivity index (χ1) is 16.5. The number of benzene rings is 2. The molecule has 4 atom stereocenters. The predicted molar refractivity (Wildman–Crippen MR) is 135 cm³/mol. The van der Waals surface area contributed by atoms with E-state index in [1.54, 1.807) is 20.3 Å². The van der Waals surface area contributed by atoms with Crippen molar-refractivity contribution in [1.82, 2.24) is 5.32 Å². The second-order valence-electron chi connectivity index (χ2n) is 8.25. The number of hydrogen-bond acceptors (Lipinski definition) is 7. The number of nitrogens with two attached hydrogens (primary N) is 1. The number of aliphatic hydroxyl groups is 2. The molecule has 182 valence electrons. The van der Waals surface area contributed by atoms with Gasteiger partial charge in [0, 0.05) is 17.0 Å². The summed E-state index contributed by atoms with van der Waals surface area (Å²) in [5.74, 6) is 7.45. The van der Waals surface area contributed by atoms with Crippen LogP contribution in [0.25, 0.3) is 0 Å². The summed E-state index contributed by atoms with van der Waals surface area (Å²) in [6, 6.07) is 12.7. The lowest BCUT2D eigenvalue weighted by Crippen LogP contribution is -2.29. The molecule has 0 fully saturated rings. The molecule has 7 nitrogen and oxygen atoms in total. The molecule has 4 unspecified atom stereocenters. The van der Waals surface area contributed by atoms with Crippen molar-refractivity contribution in [3.05, 3.63) is 95.3 Å². The lowest BCUT2D eigenvalue weighted by atomic mass is 9.91. The minimum atomic E-state index is -1.06. The van der Waals surface area contributed by atoms with Crippen LogP contribution in [0.4, 0.5) is 5.69 Å². The Morgan fingerprint density at radius 1 is 1.15 bits per heavy atom. The molecule has 2 aromatic carbocycles. The van der Waals surface area contributed by atoms with Gasteiger partial charge in [0.1, 0.15) is 17.7 Å². The smallest absolute Gasteiger partial charge is 0.135 e. The third-order valence-electron chi connectivity index (χ3n) is 6.06. The second-order valence-corrected chi connectivity index (χ2v) is 8.25. The maximum Gasteiger partial charge on any atom is 0.135 e. The van der Waals surface area contributed by atoms with Gasteiger partial charge in [0.05, 0.1) is 32.6 Å². The highest BCUT2D eigenvalue weighted by atomic mass is 16.5. The summed E-state index contributed by atoms with van der Waals surface area (Å²) < 4.78 is 11.0. The SMILES string of the molecule is COC1=CCC(/C=C/C(C)c2c(NN)ccc(C(O)NC(CO)c3ccccc3)c2OC)C=C1. The molecule has 1 aliphatic carbocycles. The normalized spacial score (nSPS) is 18.3. The van der Waals surface area contributed by atoms with Crippen LogP contribution in [-0.2, 0) is 4.74 Å². The fourth-order valence-corrected chi connectivity index (χ4v) is 4.17. The zero-order valence-electron chi connectivity index (χ0n) is 19.9. The minimum absolute atomic E-state index is 0.0443. The fourth-order valence-electron chi connectivity index (χ4n) is 4.17. The van der Waals surface area contributed by atoms with Crippen LogP contribution >= 0.6 is 0 Å². The molecule has 0 aromatic heterocycles. The molecule has 1 aliphatic rings. The standard InChI is InChI=1S/C27H35N3O4/c1-18(9-10-19-11-13-21(33-2)14-12-19)25-23(30-28)16-15-22(26(25)34-3)27(32)29-24(17-31)20-7-5-4-6-8-20/h4-11,13-16,18-19,24,27,29-32H,12,17,28H2,1-3H3/b10-9+. The Morgan fingerprint density at radius 2 is 1.91 bits per heavy atom. The van der Waals surface area contributed by atoms with Crippen LogP contribution in [0.15, 0.2) is 78.6 Å². The van der Waals surface area contributed by atoms with E-state index in [0.717, 1.165) is 23.3 Å². The van der Waals surface area contributed by atoms with Gasteiger partial charge >= 0.3 is 0 Å². The molecule has 6 N–H and O–H groups in total. The third kappa shape index (κ3) is 6.07. The summed E-state index contributed by atoms with van der Waals surface area (Å²) in [4.78, 5) is 0. The molecule has 0 radical (unpaired) electrons. The first-order valence-electron chi connectivity index (χ1n) is 11.4. The average Bonchev–Trinajstić information content (AvgIpc) is 2.89.